The molecule has 0 radical (unpaired) electrons. The van der Waals surface area contributed by atoms with E-state index in [1.165, 1.54) is 12.8 Å². The van der Waals surface area contributed by atoms with Gasteiger partial charge in [-0.1, -0.05) is 33.1 Å². The van der Waals surface area contributed by atoms with Gasteiger partial charge in [-0.2, -0.15) is 0 Å². The summed E-state index contributed by atoms with van der Waals surface area (Å²) in [6.07, 6.45) is 7.73. The summed E-state index contributed by atoms with van der Waals surface area (Å²) in [5.74, 6) is 0.544. The van der Waals surface area contributed by atoms with Gasteiger partial charge in [0.15, 0.2) is 0 Å². The lowest BCUT2D eigenvalue weighted by Crippen LogP contribution is -2.43. The molecule has 0 spiro atoms. The van der Waals surface area contributed by atoms with E-state index in [9.17, 15) is 9.59 Å². The monoisotopic (exact) mass is 282 g/mol. The van der Waals surface area contributed by atoms with E-state index in [1.54, 1.807) is 0 Å². The molecule has 1 fully saturated rings. The summed E-state index contributed by atoms with van der Waals surface area (Å²) in [4.78, 5) is 25.8. The van der Waals surface area contributed by atoms with Crippen LogP contribution in [0.25, 0.3) is 0 Å². The van der Waals surface area contributed by atoms with E-state index in [2.05, 4.69) is 19.2 Å². The van der Waals surface area contributed by atoms with Crippen LogP contribution in [0.2, 0.25) is 0 Å². The molecule has 1 N–H and O–H groups in total. The Kier molecular flexibility index (Phi) is 8.31. The van der Waals surface area contributed by atoms with Crippen LogP contribution < -0.4 is 5.32 Å². The van der Waals surface area contributed by atoms with Crippen molar-refractivity contribution in [1.82, 2.24) is 10.2 Å². The van der Waals surface area contributed by atoms with E-state index < -0.39 is 0 Å². The van der Waals surface area contributed by atoms with Gasteiger partial charge in [-0.25, -0.2) is 0 Å². The highest BCUT2D eigenvalue weighted by Crippen LogP contribution is 2.18. The first-order valence-electron chi connectivity index (χ1n) is 8.24. The zero-order chi connectivity index (χ0) is 14.8. The number of carbonyl (C=O) groups excluding carboxylic acids is 2. The van der Waals surface area contributed by atoms with Gasteiger partial charge >= 0.3 is 0 Å². The maximum atomic E-state index is 12.0. The van der Waals surface area contributed by atoms with Gasteiger partial charge in [0.2, 0.25) is 11.8 Å². The first-order valence-corrected chi connectivity index (χ1v) is 8.24. The summed E-state index contributed by atoms with van der Waals surface area (Å²) in [5, 5.41) is 3.02. The van der Waals surface area contributed by atoms with Crippen LogP contribution in [-0.4, -0.2) is 36.3 Å². The first kappa shape index (κ1) is 17.0. The average molecular weight is 282 g/mol. The minimum absolute atomic E-state index is 0.104. The largest absolute Gasteiger partial charge is 0.356 e. The molecule has 0 aliphatic carbocycles. The summed E-state index contributed by atoms with van der Waals surface area (Å²) in [5.41, 5.74) is 0. The summed E-state index contributed by atoms with van der Waals surface area (Å²) in [7, 11) is 0. The Balaban J connectivity index is 2.20. The third-order valence-corrected chi connectivity index (χ3v) is 4.04. The molecule has 0 saturated carbocycles. The zero-order valence-corrected chi connectivity index (χ0v) is 13.1. The minimum Gasteiger partial charge on any atom is -0.356 e. The molecule has 1 aliphatic heterocycles. The van der Waals surface area contributed by atoms with E-state index >= 15 is 0 Å². The number of unbranched alkanes of at least 4 members (excludes halogenated alkanes) is 3. The van der Waals surface area contributed by atoms with E-state index in [0.29, 0.717) is 6.42 Å². The van der Waals surface area contributed by atoms with Crippen LogP contribution in [0.4, 0.5) is 0 Å². The fourth-order valence-corrected chi connectivity index (χ4v) is 2.61. The summed E-state index contributed by atoms with van der Waals surface area (Å²) >= 11 is 0. The average Bonchev–Trinajstić information content (AvgIpc) is 2.49. The normalized spacial score (nSPS) is 16.2. The quantitative estimate of drug-likeness (QED) is 0.696. The molecule has 0 bridgehead atoms. The SMILES string of the molecule is CCCCCNC(=O)C1CCN(C(=O)CCCC)CC1. The van der Waals surface area contributed by atoms with Gasteiger partial charge in [0.05, 0.1) is 0 Å². The van der Waals surface area contributed by atoms with Crippen LogP contribution in [0.3, 0.4) is 0 Å². The topological polar surface area (TPSA) is 49.4 Å². The second-order valence-electron chi connectivity index (χ2n) is 5.76. The number of nitrogens with one attached hydrogen (secondary N) is 1. The molecule has 0 aromatic rings. The maximum Gasteiger partial charge on any atom is 0.223 e. The van der Waals surface area contributed by atoms with Gasteiger partial charge in [-0.3, -0.25) is 9.59 Å². The van der Waals surface area contributed by atoms with Crippen molar-refractivity contribution in [2.45, 2.75) is 65.2 Å². The number of carbonyl (C=O) groups is 2. The highest BCUT2D eigenvalue weighted by molar-refractivity contribution is 5.80. The smallest absolute Gasteiger partial charge is 0.223 e. The van der Waals surface area contributed by atoms with E-state index in [4.69, 9.17) is 0 Å². The minimum atomic E-state index is 0.104. The van der Waals surface area contributed by atoms with Crippen molar-refractivity contribution in [3.63, 3.8) is 0 Å². The maximum absolute atomic E-state index is 12.0. The lowest BCUT2D eigenvalue weighted by molar-refractivity contribution is -0.135. The van der Waals surface area contributed by atoms with E-state index in [-0.39, 0.29) is 17.7 Å². The number of nitrogens with zero attached hydrogens (tertiary/aromatic N) is 1. The van der Waals surface area contributed by atoms with Crippen LogP contribution in [0.1, 0.15) is 65.2 Å². The van der Waals surface area contributed by atoms with Gasteiger partial charge < -0.3 is 10.2 Å². The molecule has 1 heterocycles. The molecule has 4 heteroatoms. The van der Waals surface area contributed by atoms with Crippen LogP contribution >= 0.6 is 0 Å². The second-order valence-corrected chi connectivity index (χ2v) is 5.76. The van der Waals surface area contributed by atoms with Crippen LogP contribution in [0.5, 0.6) is 0 Å². The molecular weight excluding hydrogens is 252 g/mol. The third-order valence-electron chi connectivity index (χ3n) is 4.04. The lowest BCUT2D eigenvalue weighted by Gasteiger charge is -2.31. The molecule has 20 heavy (non-hydrogen) atoms. The lowest BCUT2D eigenvalue weighted by atomic mass is 9.95. The molecule has 1 aliphatic rings. The molecule has 116 valence electrons. The van der Waals surface area contributed by atoms with Crippen LogP contribution in [-0.2, 0) is 9.59 Å². The molecule has 0 aromatic carbocycles. The molecule has 0 atom stereocenters. The third kappa shape index (κ3) is 5.93. The zero-order valence-electron chi connectivity index (χ0n) is 13.1. The molecule has 4 nitrogen and oxygen atoms in total. The number of hydrogen-bond acceptors (Lipinski definition) is 2. The van der Waals surface area contributed by atoms with Crippen molar-refractivity contribution < 1.29 is 9.59 Å². The van der Waals surface area contributed by atoms with Crippen LogP contribution in [0.15, 0.2) is 0 Å². The fraction of sp³-hybridized carbons (Fsp3) is 0.875. The van der Waals surface area contributed by atoms with Crippen molar-refractivity contribution in [3.8, 4) is 0 Å². The molecule has 0 unspecified atom stereocenters. The Hall–Kier alpha value is -1.06. The van der Waals surface area contributed by atoms with E-state index in [0.717, 1.165) is 51.7 Å². The van der Waals surface area contributed by atoms with Crippen molar-refractivity contribution in [3.05, 3.63) is 0 Å². The summed E-state index contributed by atoms with van der Waals surface area (Å²) in [6, 6.07) is 0. The van der Waals surface area contributed by atoms with E-state index in [1.807, 2.05) is 4.90 Å². The first-order chi connectivity index (χ1) is 9.69. The Labute approximate surface area is 123 Å². The van der Waals surface area contributed by atoms with Gasteiger partial charge in [0.25, 0.3) is 0 Å². The number of piperidine rings is 1. The van der Waals surface area contributed by atoms with Crippen molar-refractivity contribution in [2.24, 2.45) is 5.92 Å². The highest BCUT2D eigenvalue weighted by Gasteiger charge is 2.26. The van der Waals surface area contributed by atoms with Gasteiger partial charge in [-0.05, 0) is 25.7 Å². The fourth-order valence-electron chi connectivity index (χ4n) is 2.61. The molecule has 0 aromatic heterocycles. The molecule has 1 saturated heterocycles. The molecule has 2 amide bonds. The second kappa shape index (κ2) is 9.78. The van der Waals surface area contributed by atoms with Gasteiger partial charge in [0.1, 0.15) is 0 Å². The number of rotatable bonds is 8. The number of hydrogen-bond donors (Lipinski definition) is 1. The van der Waals surface area contributed by atoms with Crippen molar-refractivity contribution in [2.75, 3.05) is 19.6 Å². The van der Waals surface area contributed by atoms with Gasteiger partial charge in [0, 0.05) is 32.0 Å². The Morgan fingerprint density at radius 2 is 1.70 bits per heavy atom. The predicted molar refractivity (Wildman–Crippen MR) is 81.4 cm³/mol. The standard InChI is InChI=1S/C16H30N2O2/c1-3-5-7-11-17-16(20)14-9-12-18(13-10-14)15(19)8-6-4-2/h14H,3-13H2,1-2H3,(H,17,20). The molecule has 1 rings (SSSR count). The summed E-state index contributed by atoms with van der Waals surface area (Å²) < 4.78 is 0. The predicted octanol–water partition coefficient (Wildman–Crippen LogP) is 2.72. The Morgan fingerprint density at radius 3 is 2.30 bits per heavy atom. The van der Waals surface area contributed by atoms with Crippen LogP contribution in [0, 0.1) is 5.92 Å². The Bertz CT molecular complexity index is 297. The number of likely N-dealkylation sites (tertiary alicyclic amines) is 1. The highest BCUT2D eigenvalue weighted by atomic mass is 16.2. The van der Waals surface area contributed by atoms with Crippen molar-refractivity contribution >= 4 is 11.8 Å². The van der Waals surface area contributed by atoms with Crippen molar-refractivity contribution in [1.29, 1.82) is 0 Å². The Morgan fingerprint density at radius 1 is 1.05 bits per heavy atom. The number of amides is 2. The molecular formula is C16H30N2O2. The summed E-state index contributed by atoms with van der Waals surface area (Å²) in [6.45, 7) is 6.54. The van der Waals surface area contributed by atoms with Gasteiger partial charge in [-0.15, -0.1) is 0 Å².